The molecule has 1 aromatic carbocycles. The Morgan fingerprint density at radius 3 is 3.12 bits per heavy atom. The van der Waals surface area contributed by atoms with Crippen molar-refractivity contribution in [2.24, 2.45) is 11.8 Å². The zero-order valence-corrected chi connectivity index (χ0v) is 8.90. The molecule has 0 radical (unpaired) electrons. The van der Waals surface area contributed by atoms with E-state index < -0.39 is 0 Å². The molecule has 1 N–H and O–H groups in total. The van der Waals surface area contributed by atoms with E-state index in [0.29, 0.717) is 5.92 Å². The molecule has 3 aliphatic rings. The van der Waals surface area contributed by atoms with Crippen LogP contribution in [0.1, 0.15) is 18.4 Å². The number of rotatable bonds is 0. The van der Waals surface area contributed by atoms with E-state index in [2.05, 4.69) is 11.4 Å². The molecule has 4 rings (SSSR count). The monoisotopic (exact) mass is 215 g/mol. The summed E-state index contributed by atoms with van der Waals surface area (Å²) in [4.78, 5) is 12.0. The van der Waals surface area contributed by atoms with Gasteiger partial charge in [-0.25, -0.2) is 0 Å². The summed E-state index contributed by atoms with van der Waals surface area (Å²) in [5.74, 6) is 0.719. The number of ether oxygens (including phenoxy) is 1. The number of carbonyl (C=O) groups is 1. The van der Waals surface area contributed by atoms with Gasteiger partial charge in [0.05, 0.1) is 5.92 Å². The smallest absolute Gasteiger partial charge is 0.230 e. The molecule has 3 nitrogen and oxygen atoms in total. The lowest BCUT2D eigenvalue weighted by Crippen LogP contribution is -2.58. The summed E-state index contributed by atoms with van der Waals surface area (Å²) in [5.41, 5.74) is 1.85. The Kier molecular flexibility index (Phi) is 1.46. The van der Waals surface area contributed by atoms with Gasteiger partial charge in [-0.3, -0.25) is 4.79 Å². The lowest BCUT2D eigenvalue weighted by atomic mass is 9.56. The molecular formula is C13H13NO2. The maximum Gasteiger partial charge on any atom is 0.230 e. The van der Waals surface area contributed by atoms with Gasteiger partial charge >= 0.3 is 0 Å². The highest BCUT2D eigenvalue weighted by Crippen LogP contribution is 2.62. The van der Waals surface area contributed by atoms with Crippen LogP contribution < -0.4 is 5.32 Å². The molecule has 1 aliphatic carbocycles. The van der Waals surface area contributed by atoms with E-state index in [9.17, 15) is 4.79 Å². The first-order chi connectivity index (χ1) is 7.82. The Labute approximate surface area is 93.8 Å². The van der Waals surface area contributed by atoms with Gasteiger partial charge in [-0.2, -0.15) is 0 Å². The highest BCUT2D eigenvalue weighted by atomic mass is 16.5. The predicted molar refractivity (Wildman–Crippen MR) is 58.9 cm³/mol. The molecule has 1 saturated heterocycles. The van der Waals surface area contributed by atoms with Crippen molar-refractivity contribution in [2.45, 2.75) is 18.4 Å². The first-order valence-corrected chi connectivity index (χ1v) is 5.87. The number of amides is 1. The number of carbonyl (C=O) groups excluding carboxylic acids is 1. The minimum Gasteiger partial charge on any atom is -0.369 e. The van der Waals surface area contributed by atoms with Crippen molar-refractivity contribution in [1.82, 2.24) is 0 Å². The van der Waals surface area contributed by atoms with Crippen LogP contribution in [0.25, 0.3) is 0 Å². The van der Waals surface area contributed by atoms with E-state index in [-0.39, 0.29) is 17.4 Å². The lowest BCUT2D eigenvalue weighted by Gasteiger charge is -2.53. The van der Waals surface area contributed by atoms with Crippen LogP contribution in [-0.4, -0.2) is 12.5 Å². The molecule has 2 heterocycles. The Morgan fingerprint density at radius 1 is 1.38 bits per heavy atom. The molecule has 3 atom stereocenters. The number of para-hydroxylation sites is 1. The van der Waals surface area contributed by atoms with Crippen LogP contribution >= 0.6 is 0 Å². The highest BCUT2D eigenvalue weighted by molar-refractivity contribution is 5.98. The van der Waals surface area contributed by atoms with E-state index >= 15 is 0 Å². The summed E-state index contributed by atoms with van der Waals surface area (Å²) in [6.45, 7) is 0.794. The molecule has 0 aromatic heterocycles. The van der Waals surface area contributed by atoms with Crippen LogP contribution in [0.5, 0.6) is 0 Å². The van der Waals surface area contributed by atoms with Crippen molar-refractivity contribution >= 4 is 11.6 Å². The summed E-state index contributed by atoms with van der Waals surface area (Å²) in [6, 6.07) is 8.05. The van der Waals surface area contributed by atoms with Gasteiger partial charge in [0.1, 0.15) is 5.60 Å². The van der Waals surface area contributed by atoms with Crippen LogP contribution in [-0.2, 0) is 15.1 Å². The molecule has 1 amide bonds. The van der Waals surface area contributed by atoms with E-state index in [0.717, 1.165) is 25.1 Å². The van der Waals surface area contributed by atoms with E-state index in [1.54, 1.807) is 0 Å². The Balaban J connectivity index is 1.95. The quantitative estimate of drug-likeness (QED) is 0.717. The van der Waals surface area contributed by atoms with Gasteiger partial charge in [-0.05, 0) is 24.8 Å². The fourth-order valence-electron chi connectivity index (χ4n) is 3.62. The molecule has 1 unspecified atom stereocenters. The molecular weight excluding hydrogens is 202 g/mol. The van der Waals surface area contributed by atoms with Crippen molar-refractivity contribution in [1.29, 1.82) is 0 Å². The molecule has 16 heavy (non-hydrogen) atoms. The van der Waals surface area contributed by atoms with Gasteiger partial charge < -0.3 is 10.1 Å². The average molecular weight is 215 g/mol. The maximum atomic E-state index is 12.0. The highest BCUT2D eigenvalue weighted by Gasteiger charge is 2.65. The van der Waals surface area contributed by atoms with Gasteiger partial charge in [0.2, 0.25) is 5.91 Å². The fraction of sp³-hybridized carbons (Fsp3) is 0.462. The van der Waals surface area contributed by atoms with Crippen molar-refractivity contribution in [2.75, 3.05) is 11.9 Å². The summed E-state index contributed by atoms with van der Waals surface area (Å²) in [6.07, 6.45) is 2.08. The van der Waals surface area contributed by atoms with Crippen molar-refractivity contribution < 1.29 is 9.53 Å². The van der Waals surface area contributed by atoms with Gasteiger partial charge in [0, 0.05) is 17.9 Å². The van der Waals surface area contributed by atoms with E-state index in [1.807, 2.05) is 18.2 Å². The SMILES string of the molecule is O=C1Nc2ccccc2C23OCC[C@@H]2C[C@@H]13. The van der Waals surface area contributed by atoms with E-state index in [4.69, 9.17) is 4.74 Å². The Morgan fingerprint density at radius 2 is 2.25 bits per heavy atom. The minimum atomic E-state index is -0.279. The number of nitrogens with one attached hydrogen (secondary N) is 1. The number of hydrogen-bond acceptors (Lipinski definition) is 2. The summed E-state index contributed by atoms with van der Waals surface area (Å²) in [5, 5.41) is 2.98. The zero-order chi connectivity index (χ0) is 10.8. The van der Waals surface area contributed by atoms with Gasteiger partial charge in [0.15, 0.2) is 0 Å². The Hall–Kier alpha value is -1.35. The van der Waals surface area contributed by atoms with Crippen molar-refractivity contribution in [3.63, 3.8) is 0 Å². The fourth-order valence-corrected chi connectivity index (χ4v) is 3.62. The largest absolute Gasteiger partial charge is 0.369 e. The molecule has 2 aliphatic heterocycles. The number of fused-ring (bicyclic) bond motifs is 1. The van der Waals surface area contributed by atoms with Crippen LogP contribution in [0, 0.1) is 11.8 Å². The van der Waals surface area contributed by atoms with Crippen molar-refractivity contribution in [3.8, 4) is 0 Å². The average Bonchev–Trinajstić information content (AvgIpc) is 2.57. The number of hydrogen-bond donors (Lipinski definition) is 1. The van der Waals surface area contributed by atoms with Crippen LogP contribution in [0.15, 0.2) is 24.3 Å². The second-order valence-electron chi connectivity index (χ2n) is 4.95. The standard InChI is InChI=1S/C13H13NO2/c15-12-10-7-8-5-6-16-13(8,10)9-3-1-2-4-11(9)14-12/h1-4,8,10H,5-7H2,(H,14,15)/t8-,10+,13?/m1/s1. The number of anilines is 1. The maximum absolute atomic E-state index is 12.0. The molecule has 1 spiro atoms. The third-order valence-corrected chi connectivity index (χ3v) is 4.37. The minimum absolute atomic E-state index is 0.0369. The second-order valence-corrected chi connectivity index (χ2v) is 4.95. The Bertz CT molecular complexity index is 485. The number of benzene rings is 1. The summed E-state index contributed by atoms with van der Waals surface area (Å²) in [7, 11) is 0. The molecule has 1 saturated carbocycles. The van der Waals surface area contributed by atoms with Crippen molar-refractivity contribution in [3.05, 3.63) is 29.8 Å². The first kappa shape index (κ1) is 8.76. The molecule has 3 heteroatoms. The second kappa shape index (κ2) is 2.66. The molecule has 1 aromatic rings. The van der Waals surface area contributed by atoms with Crippen LogP contribution in [0.3, 0.4) is 0 Å². The van der Waals surface area contributed by atoms with Gasteiger partial charge in [-0.1, -0.05) is 18.2 Å². The first-order valence-electron chi connectivity index (χ1n) is 5.87. The van der Waals surface area contributed by atoms with E-state index in [1.165, 1.54) is 5.56 Å². The molecule has 0 bridgehead atoms. The van der Waals surface area contributed by atoms with Crippen LogP contribution in [0.2, 0.25) is 0 Å². The third-order valence-electron chi connectivity index (χ3n) is 4.37. The third kappa shape index (κ3) is 0.789. The lowest BCUT2D eigenvalue weighted by molar-refractivity contribution is -0.165. The van der Waals surface area contributed by atoms with Crippen LogP contribution in [0.4, 0.5) is 5.69 Å². The molecule has 2 fully saturated rings. The summed E-state index contributed by atoms with van der Waals surface area (Å²) < 4.78 is 5.98. The zero-order valence-electron chi connectivity index (χ0n) is 8.90. The van der Waals surface area contributed by atoms with Gasteiger partial charge in [-0.15, -0.1) is 0 Å². The molecule has 82 valence electrons. The topological polar surface area (TPSA) is 38.3 Å². The summed E-state index contributed by atoms with van der Waals surface area (Å²) >= 11 is 0. The normalized spacial score (nSPS) is 39.1. The van der Waals surface area contributed by atoms with Gasteiger partial charge in [0.25, 0.3) is 0 Å². The predicted octanol–water partition coefficient (Wildman–Crippen LogP) is 1.89.